The van der Waals surface area contributed by atoms with Crippen molar-refractivity contribution in [3.8, 4) is 0 Å². The van der Waals surface area contributed by atoms with Crippen LogP contribution in [-0.2, 0) is 11.3 Å². The Hall–Kier alpha value is -0.940. The van der Waals surface area contributed by atoms with Crippen molar-refractivity contribution in [2.24, 2.45) is 0 Å². The summed E-state index contributed by atoms with van der Waals surface area (Å²) in [5.41, 5.74) is 0.480. The highest BCUT2D eigenvalue weighted by molar-refractivity contribution is 9.10. The fourth-order valence-corrected chi connectivity index (χ4v) is 1.65. The van der Waals surface area contributed by atoms with E-state index in [1.807, 2.05) is 0 Å². The second kappa shape index (κ2) is 5.23. The molecule has 0 saturated carbocycles. The summed E-state index contributed by atoms with van der Waals surface area (Å²) in [6.45, 7) is 0.170. The lowest BCUT2D eigenvalue weighted by Crippen LogP contribution is -2.25. The van der Waals surface area contributed by atoms with Gasteiger partial charge in [0.2, 0.25) is 0 Å². The molecular weight excluding hydrogens is 265 g/mol. The molecule has 0 aromatic heterocycles. The highest BCUT2D eigenvalue weighted by Crippen LogP contribution is 2.16. The summed E-state index contributed by atoms with van der Waals surface area (Å²) in [7, 11) is 1.63. The average molecular weight is 276 g/mol. The molecule has 82 valence electrons. The quantitative estimate of drug-likeness (QED) is 0.915. The maximum absolute atomic E-state index is 13.3. The predicted molar refractivity (Wildman–Crippen MR) is 58.1 cm³/mol. The third kappa shape index (κ3) is 3.97. The lowest BCUT2D eigenvalue weighted by atomic mass is 10.2. The lowest BCUT2D eigenvalue weighted by molar-refractivity contribution is -0.138. The Morgan fingerprint density at radius 2 is 2.27 bits per heavy atom. The van der Waals surface area contributed by atoms with Gasteiger partial charge in [0.05, 0.1) is 6.54 Å². The van der Waals surface area contributed by atoms with E-state index in [9.17, 15) is 9.18 Å². The van der Waals surface area contributed by atoms with Crippen LogP contribution < -0.4 is 0 Å². The zero-order valence-electron chi connectivity index (χ0n) is 8.20. The molecule has 0 radical (unpaired) electrons. The van der Waals surface area contributed by atoms with Gasteiger partial charge in [-0.3, -0.25) is 9.69 Å². The molecule has 0 heterocycles. The summed E-state index contributed by atoms with van der Waals surface area (Å²) in [5, 5.41) is 8.54. The minimum Gasteiger partial charge on any atom is -0.480 e. The first kappa shape index (κ1) is 12.1. The first-order valence-electron chi connectivity index (χ1n) is 4.33. The fourth-order valence-electron chi connectivity index (χ4n) is 1.24. The van der Waals surface area contributed by atoms with Crippen LogP contribution in [0.15, 0.2) is 22.7 Å². The number of carbonyl (C=O) groups is 1. The number of rotatable bonds is 4. The van der Waals surface area contributed by atoms with E-state index in [2.05, 4.69) is 15.9 Å². The summed E-state index contributed by atoms with van der Waals surface area (Å²) in [4.78, 5) is 11.9. The molecular formula is C10H11BrFNO2. The minimum atomic E-state index is -0.923. The SMILES string of the molecule is CN(CC(=O)O)Cc1cc(Br)ccc1F. The van der Waals surface area contributed by atoms with Crippen LogP contribution in [0.4, 0.5) is 4.39 Å². The summed E-state index contributed by atoms with van der Waals surface area (Å²) in [6, 6.07) is 4.61. The Bertz CT molecular complexity index is 370. The van der Waals surface area contributed by atoms with Crippen molar-refractivity contribution in [1.82, 2.24) is 4.90 Å². The van der Waals surface area contributed by atoms with Crippen LogP contribution in [-0.4, -0.2) is 29.6 Å². The number of carboxylic acids is 1. The van der Waals surface area contributed by atoms with Crippen molar-refractivity contribution < 1.29 is 14.3 Å². The topological polar surface area (TPSA) is 40.5 Å². The summed E-state index contributed by atoms with van der Waals surface area (Å²) >= 11 is 3.24. The minimum absolute atomic E-state index is 0.105. The highest BCUT2D eigenvalue weighted by atomic mass is 79.9. The van der Waals surface area contributed by atoms with Crippen molar-refractivity contribution in [3.63, 3.8) is 0 Å². The van der Waals surface area contributed by atoms with Gasteiger partial charge in [-0.2, -0.15) is 0 Å². The van der Waals surface area contributed by atoms with Gasteiger partial charge in [-0.05, 0) is 25.2 Å². The molecule has 0 aliphatic carbocycles. The Labute approximate surface area is 95.6 Å². The Kier molecular flexibility index (Phi) is 4.23. The Morgan fingerprint density at radius 3 is 2.87 bits per heavy atom. The number of likely N-dealkylation sites (N-methyl/N-ethyl adjacent to an activating group) is 1. The van der Waals surface area contributed by atoms with E-state index < -0.39 is 5.97 Å². The largest absolute Gasteiger partial charge is 0.480 e. The van der Waals surface area contributed by atoms with Crippen molar-refractivity contribution >= 4 is 21.9 Å². The molecule has 0 unspecified atom stereocenters. The van der Waals surface area contributed by atoms with Gasteiger partial charge in [-0.1, -0.05) is 15.9 Å². The fraction of sp³-hybridized carbons (Fsp3) is 0.300. The summed E-state index contributed by atoms with van der Waals surface area (Å²) < 4.78 is 14.1. The van der Waals surface area contributed by atoms with E-state index in [4.69, 9.17) is 5.11 Å². The van der Waals surface area contributed by atoms with E-state index in [1.165, 1.54) is 11.0 Å². The predicted octanol–water partition coefficient (Wildman–Crippen LogP) is 2.10. The van der Waals surface area contributed by atoms with Crippen molar-refractivity contribution in [3.05, 3.63) is 34.1 Å². The van der Waals surface area contributed by atoms with E-state index in [0.29, 0.717) is 5.56 Å². The number of nitrogens with zero attached hydrogens (tertiary/aromatic N) is 1. The Morgan fingerprint density at radius 1 is 1.60 bits per heavy atom. The molecule has 0 spiro atoms. The van der Waals surface area contributed by atoms with Gasteiger partial charge < -0.3 is 5.11 Å². The van der Waals surface area contributed by atoms with Crippen LogP contribution in [0.2, 0.25) is 0 Å². The maximum atomic E-state index is 13.3. The number of hydrogen-bond donors (Lipinski definition) is 1. The monoisotopic (exact) mass is 275 g/mol. The molecule has 0 atom stereocenters. The van der Waals surface area contributed by atoms with Gasteiger partial charge >= 0.3 is 5.97 Å². The van der Waals surface area contributed by atoms with Crippen LogP contribution in [0.3, 0.4) is 0 Å². The first-order valence-corrected chi connectivity index (χ1v) is 5.12. The average Bonchev–Trinajstić information content (AvgIpc) is 2.10. The zero-order chi connectivity index (χ0) is 11.4. The van der Waals surface area contributed by atoms with Gasteiger partial charge in [-0.25, -0.2) is 4.39 Å². The van der Waals surface area contributed by atoms with Crippen LogP contribution in [0.1, 0.15) is 5.56 Å². The standard InChI is InChI=1S/C10H11BrFNO2/c1-13(6-10(14)15)5-7-4-8(11)2-3-9(7)12/h2-4H,5-6H2,1H3,(H,14,15). The lowest BCUT2D eigenvalue weighted by Gasteiger charge is -2.14. The number of aliphatic carboxylic acids is 1. The number of carboxylic acid groups (broad SMARTS) is 1. The van der Waals surface area contributed by atoms with Crippen LogP contribution in [0.25, 0.3) is 0 Å². The van der Waals surface area contributed by atoms with E-state index in [1.54, 1.807) is 19.2 Å². The third-order valence-electron chi connectivity index (χ3n) is 1.85. The zero-order valence-corrected chi connectivity index (χ0v) is 9.79. The first-order chi connectivity index (χ1) is 6.99. The van der Waals surface area contributed by atoms with Gasteiger partial charge in [0.1, 0.15) is 5.82 Å². The molecule has 5 heteroatoms. The van der Waals surface area contributed by atoms with Crippen molar-refractivity contribution in [2.75, 3.05) is 13.6 Å². The molecule has 1 aromatic carbocycles. The molecule has 15 heavy (non-hydrogen) atoms. The summed E-state index contributed by atoms with van der Waals surface area (Å²) in [5.74, 6) is -1.25. The molecule has 0 aliphatic heterocycles. The molecule has 3 nitrogen and oxygen atoms in total. The van der Waals surface area contributed by atoms with E-state index in [0.717, 1.165) is 4.47 Å². The van der Waals surface area contributed by atoms with Gasteiger partial charge in [-0.15, -0.1) is 0 Å². The van der Waals surface area contributed by atoms with Gasteiger partial charge in [0.25, 0.3) is 0 Å². The molecule has 0 fully saturated rings. The number of benzene rings is 1. The van der Waals surface area contributed by atoms with Crippen molar-refractivity contribution in [1.29, 1.82) is 0 Å². The van der Waals surface area contributed by atoms with Gasteiger partial charge in [0.15, 0.2) is 0 Å². The third-order valence-corrected chi connectivity index (χ3v) is 2.35. The normalized spacial score (nSPS) is 10.7. The molecule has 1 aromatic rings. The van der Waals surface area contributed by atoms with E-state index in [-0.39, 0.29) is 18.9 Å². The molecule has 0 saturated heterocycles. The van der Waals surface area contributed by atoms with Crippen LogP contribution in [0, 0.1) is 5.82 Å². The second-order valence-corrected chi connectivity index (χ2v) is 4.22. The second-order valence-electron chi connectivity index (χ2n) is 3.30. The van der Waals surface area contributed by atoms with Crippen molar-refractivity contribution in [2.45, 2.75) is 6.54 Å². The number of halogens is 2. The van der Waals surface area contributed by atoms with E-state index >= 15 is 0 Å². The molecule has 1 rings (SSSR count). The van der Waals surface area contributed by atoms with Gasteiger partial charge in [0, 0.05) is 16.6 Å². The van der Waals surface area contributed by atoms with Crippen LogP contribution >= 0.6 is 15.9 Å². The summed E-state index contributed by atoms with van der Waals surface area (Å²) in [6.07, 6.45) is 0. The number of hydrogen-bond acceptors (Lipinski definition) is 2. The smallest absolute Gasteiger partial charge is 0.317 e. The highest BCUT2D eigenvalue weighted by Gasteiger charge is 2.08. The molecule has 0 amide bonds. The van der Waals surface area contributed by atoms with Crippen LogP contribution in [0.5, 0.6) is 0 Å². The maximum Gasteiger partial charge on any atom is 0.317 e. The molecule has 1 N–H and O–H groups in total. The molecule has 0 aliphatic rings. The molecule has 0 bridgehead atoms. The Balaban J connectivity index is 2.71.